The van der Waals surface area contributed by atoms with Gasteiger partial charge in [-0.05, 0) is 75.9 Å². The van der Waals surface area contributed by atoms with E-state index in [0.29, 0.717) is 0 Å². The first-order chi connectivity index (χ1) is 9.91. The Morgan fingerprint density at radius 3 is 2.24 bits per heavy atom. The van der Waals surface area contributed by atoms with E-state index in [-0.39, 0.29) is 0 Å². The van der Waals surface area contributed by atoms with Crippen molar-refractivity contribution in [3.05, 3.63) is 39.6 Å². The highest BCUT2D eigenvalue weighted by Gasteiger charge is 2.20. The van der Waals surface area contributed by atoms with Crippen LogP contribution < -0.4 is 0 Å². The molecule has 0 atom stereocenters. The minimum Gasteiger partial charge on any atom is -0.358 e. The maximum atomic E-state index is 3.66. The van der Waals surface area contributed by atoms with Crippen molar-refractivity contribution >= 4 is 16.5 Å². The number of aromatic amines is 1. The van der Waals surface area contributed by atoms with Gasteiger partial charge in [0.2, 0.25) is 0 Å². The van der Waals surface area contributed by atoms with Gasteiger partial charge in [0.05, 0.1) is 0 Å². The molecule has 0 amide bonds. The lowest BCUT2D eigenvalue weighted by Gasteiger charge is -2.23. The van der Waals surface area contributed by atoms with Gasteiger partial charge in [0, 0.05) is 35.2 Å². The van der Waals surface area contributed by atoms with Crippen LogP contribution in [0.3, 0.4) is 0 Å². The molecule has 2 heteroatoms. The highest BCUT2D eigenvalue weighted by molar-refractivity contribution is 5.99. The number of nitrogens with one attached hydrogen (secondary N) is 1. The van der Waals surface area contributed by atoms with E-state index in [1.165, 1.54) is 50.0 Å². The largest absolute Gasteiger partial charge is 0.358 e. The van der Waals surface area contributed by atoms with Crippen LogP contribution in [-0.4, -0.2) is 30.0 Å². The molecule has 21 heavy (non-hydrogen) atoms. The first kappa shape index (κ1) is 14.4. The quantitative estimate of drug-likeness (QED) is 0.820. The lowest BCUT2D eigenvalue weighted by molar-refractivity contribution is 0.370. The number of benzene rings is 1. The molecular weight excluding hydrogens is 256 g/mol. The van der Waals surface area contributed by atoms with Crippen molar-refractivity contribution in [2.45, 2.75) is 41.0 Å². The summed E-state index contributed by atoms with van der Waals surface area (Å²) in [6.45, 7) is 13.4. The van der Waals surface area contributed by atoms with E-state index in [1.54, 1.807) is 0 Å². The smallest absolute Gasteiger partial charge is 0.0497 e. The summed E-state index contributed by atoms with van der Waals surface area (Å²) in [5.74, 6) is 0. The molecule has 1 aliphatic heterocycles. The van der Waals surface area contributed by atoms with E-state index < -0.39 is 0 Å². The summed E-state index contributed by atoms with van der Waals surface area (Å²) >= 11 is 0. The highest BCUT2D eigenvalue weighted by atomic mass is 15.1. The average molecular weight is 282 g/mol. The molecule has 2 heterocycles. The van der Waals surface area contributed by atoms with Crippen molar-refractivity contribution in [1.29, 1.82) is 0 Å². The normalized spacial score (nSPS) is 16.6. The first-order valence-corrected chi connectivity index (χ1v) is 7.88. The zero-order chi connectivity index (χ0) is 15.3. The molecule has 0 saturated carbocycles. The van der Waals surface area contributed by atoms with Crippen molar-refractivity contribution < 1.29 is 0 Å². The second-order valence-electron chi connectivity index (χ2n) is 6.62. The Morgan fingerprint density at radius 2 is 1.62 bits per heavy atom. The number of H-pyrrole nitrogens is 1. The minimum atomic E-state index is 1.06. The number of aryl methyl sites for hydroxylation is 3. The standard InChI is InChI=1S/C19H26N2/c1-11-12(2)14(4)19-17(13(11)3)18(15(5)20-19)16-7-9-21(6)10-8-16/h7,20H,8-10H2,1-6H3. The van der Waals surface area contributed by atoms with Gasteiger partial charge in [-0.2, -0.15) is 0 Å². The summed E-state index contributed by atoms with van der Waals surface area (Å²) < 4.78 is 0. The molecular formula is C19H26N2. The third-order valence-corrected chi connectivity index (χ3v) is 5.36. The van der Waals surface area contributed by atoms with Crippen molar-refractivity contribution in [3.8, 4) is 0 Å². The van der Waals surface area contributed by atoms with Gasteiger partial charge in [-0.1, -0.05) is 6.08 Å². The van der Waals surface area contributed by atoms with Gasteiger partial charge in [0.1, 0.15) is 0 Å². The van der Waals surface area contributed by atoms with Gasteiger partial charge < -0.3 is 9.88 Å². The summed E-state index contributed by atoms with van der Waals surface area (Å²) in [5.41, 5.74) is 11.3. The third-order valence-electron chi connectivity index (χ3n) is 5.36. The fourth-order valence-electron chi connectivity index (χ4n) is 3.62. The lowest BCUT2D eigenvalue weighted by atomic mass is 9.90. The lowest BCUT2D eigenvalue weighted by Crippen LogP contribution is -2.23. The number of hydrogen-bond acceptors (Lipinski definition) is 1. The second kappa shape index (κ2) is 5.03. The maximum Gasteiger partial charge on any atom is 0.0497 e. The van der Waals surface area contributed by atoms with Crippen LogP contribution in [0, 0.1) is 34.6 Å². The Bertz CT molecular complexity index is 747. The Balaban J connectivity index is 2.32. The molecule has 0 saturated heterocycles. The summed E-state index contributed by atoms with van der Waals surface area (Å²) in [7, 11) is 2.19. The molecule has 2 nitrogen and oxygen atoms in total. The molecule has 2 aromatic rings. The van der Waals surface area contributed by atoms with Crippen LogP contribution in [0.15, 0.2) is 6.08 Å². The molecule has 0 aliphatic carbocycles. The first-order valence-electron chi connectivity index (χ1n) is 7.88. The van der Waals surface area contributed by atoms with Crippen LogP contribution in [0.5, 0.6) is 0 Å². The van der Waals surface area contributed by atoms with Crippen LogP contribution in [0.2, 0.25) is 0 Å². The van der Waals surface area contributed by atoms with E-state index in [9.17, 15) is 0 Å². The molecule has 0 fully saturated rings. The van der Waals surface area contributed by atoms with Gasteiger partial charge in [0.15, 0.2) is 0 Å². The average Bonchev–Trinajstić information content (AvgIpc) is 2.81. The summed E-state index contributed by atoms with van der Waals surface area (Å²) in [4.78, 5) is 6.03. The predicted molar refractivity (Wildman–Crippen MR) is 92.1 cm³/mol. The number of hydrogen-bond donors (Lipinski definition) is 1. The van der Waals surface area contributed by atoms with Crippen molar-refractivity contribution in [1.82, 2.24) is 9.88 Å². The molecule has 1 aromatic heterocycles. The van der Waals surface area contributed by atoms with Gasteiger partial charge in [-0.15, -0.1) is 0 Å². The number of fused-ring (bicyclic) bond motifs is 1. The van der Waals surface area contributed by atoms with Gasteiger partial charge in [0.25, 0.3) is 0 Å². The molecule has 0 unspecified atom stereocenters. The predicted octanol–water partition coefficient (Wildman–Crippen LogP) is 4.43. The number of rotatable bonds is 1. The topological polar surface area (TPSA) is 19.0 Å². The van der Waals surface area contributed by atoms with Crippen LogP contribution in [0.25, 0.3) is 16.5 Å². The minimum absolute atomic E-state index is 1.06. The summed E-state index contributed by atoms with van der Waals surface area (Å²) in [6.07, 6.45) is 3.55. The zero-order valence-electron chi connectivity index (χ0n) is 14.1. The number of aromatic nitrogens is 1. The van der Waals surface area contributed by atoms with E-state index >= 15 is 0 Å². The Morgan fingerprint density at radius 1 is 0.952 bits per heavy atom. The van der Waals surface area contributed by atoms with E-state index in [2.05, 4.69) is 57.6 Å². The van der Waals surface area contributed by atoms with Gasteiger partial charge >= 0.3 is 0 Å². The molecule has 1 N–H and O–H groups in total. The van der Waals surface area contributed by atoms with E-state index in [4.69, 9.17) is 0 Å². The fourth-order valence-corrected chi connectivity index (χ4v) is 3.62. The number of nitrogens with zero attached hydrogens (tertiary/aromatic N) is 1. The molecule has 0 radical (unpaired) electrons. The van der Waals surface area contributed by atoms with Crippen molar-refractivity contribution in [3.63, 3.8) is 0 Å². The number of likely N-dealkylation sites (N-methyl/N-ethyl adjacent to an activating group) is 1. The molecule has 1 aromatic carbocycles. The SMILES string of the molecule is Cc1[nH]c2c(C)c(C)c(C)c(C)c2c1C1=CCN(C)CC1. The Labute approximate surface area is 127 Å². The van der Waals surface area contributed by atoms with Crippen molar-refractivity contribution in [2.24, 2.45) is 0 Å². The molecule has 1 aliphatic rings. The van der Waals surface area contributed by atoms with Crippen LogP contribution in [-0.2, 0) is 0 Å². The van der Waals surface area contributed by atoms with Gasteiger partial charge in [-0.3, -0.25) is 0 Å². The molecule has 112 valence electrons. The zero-order valence-corrected chi connectivity index (χ0v) is 14.1. The fraction of sp³-hybridized carbons (Fsp3) is 0.474. The summed E-state index contributed by atoms with van der Waals surface area (Å²) in [6, 6.07) is 0. The highest BCUT2D eigenvalue weighted by Crippen LogP contribution is 2.37. The molecule has 3 rings (SSSR count). The third kappa shape index (κ3) is 2.13. The van der Waals surface area contributed by atoms with Crippen LogP contribution in [0.4, 0.5) is 0 Å². The van der Waals surface area contributed by atoms with Crippen molar-refractivity contribution in [2.75, 3.05) is 20.1 Å². The molecule has 0 bridgehead atoms. The Kier molecular flexibility index (Phi) is 3.45. The molecule has 0 spiro atoms. The van der Waals surface area contributed by atoms with Crippen LogP contribution in [0.1, 0.15) is 39.9 Å². The van der Waals surface area contributed by atoms with Crippen LogP contribution >= 0.6 is 0 Å². The van der Waals surface area contributed by atoms with Gasteiger partial charge in [-0.25, -0.2) is 0 Å². The summed E-state index contributed by atoms with van der Waals surface area (Å²) in [5, 5.41) is 1.45. The second-order valence-corrected chi connectivity index (χ2v) is 6.62. The van der Waals surface area contributed by atoms with E-state index in [0.717, 1.165) is 19.5 Å². The van der Waals surface area contributed by atoms with E-state index in [1.807, 2.05) is 0 Å². The Hall–Kier alpha value is -1.54. The monoisotopic (exact) mass is 282 g/mol. The maximum absolute atomic E-state index is 3.66.